The summed E-state index contributed by atoms with van der Waals surface area (Å²) in [6.07, 6.45) is 0. The Balaban J connectivity index is 1.55. The second-order valence-electron chi connectivity index (χ2n) is 5.88. The van der Waals surface area contributed by atoms with Gasteiger partial charge >= 0.3 is 5.97 Å². The smallest absolute Gasteiger partial charge is 0.365 e. The molecule has 3 aromatic rings. The molecule has 0 atom stereocenters. The fourth-order valence-electron chi connectivity index (χ4n) is 2.38. The normalized spacial score (nSPS) is 11.0. The van der Waals surface area contributed by atoms with Crippen LogP contribution in [0.3, 0.4) is 0 Å². The largest absolute Gasteiger partial charge is 0.497 e. The Kier molecular flexibility index (Phi) is 6.25. The third-order valence-electron chi connectivity index (χ3n) is 3.95. The van der Waals surface area contributed by atoms with Crippen molar-refractivity contribution in [3.05, 3.63) is 95.6 Å². The van der Waals surface area contributed by atoms with Gasteiger partial charge in [0.25, 0.3) is 0 Å². The summed E-state index contributed by atoms with van der Waals surface area (Å²) in [5, 5.41) is 3.69. The van der Waals surface area contributed by atoms with E-state index in [4.69, 9.17) is 20.0 Å². The Morgan fingerprint density at radius 3 is 2.14 bits per heavy atom. The van der Waals surface area contributed by atoms with Crippen molar-refractivity contribution >= 4 is 11.8 Å². The van der Waals surface area contributed by atoms with Crippen molar-refractivity contribution in [2.75, 3.05) is 7.11 Å². The standard InChI is InChI=1S/C22H20N2O4/c1-26-19-11-13-20(14-12-19)27-15-16-7-9-18(10-8-16)22(25)28-24-21(23)17-5-3-2-4-6-17/h2-14H,15H2,1H3,(H2,23,24). The van der Waals surface area contributed by atoms with Gasteiger partial charge in [0.1, 0.15) is 18.1 Å². The van der Waals surface area contributed by atoms with Crippen LogP contribution in [0.4, 0.5) is 0 Å². The number of carbonyl (C=O) groups excluding carboxylic acids is 1. The SMILES string of the molecule is COc1ccc(OCc2ccc(C(=O)O/N=C(\N)c3ccccc3)cc2)cc1. The average Bonchev–Trinajstić information content (AvgIpc) is 2.77. The Morgan fingerprint density at radius 1 is 0.857 bits per heavy atom. The van der Waals surface area contributed by atoms with Crippen LogP contribution in [0.25, 0.3) is 0 Å². The first-order valence-electron chi connectivity index (χ1n) is 8.62. The van der Waals surface area contributed by atoms with Gasteiger partial charge < -0.3 is 20.0 Å². The Hall–Kier alpha value is -3.80. The van der Waals surface area contributed by atoms with Gasteiger partial charge in [-0.2, -0.15) is 0 Å². The highest BCUT2D eigenvalue weighted by Crippen LogP contribution is 2.18. The lowest BCUT2D eigenvalue weighted by Crippen LogP contribution is -2.15. The number of carbonyl (C=O) groups is 1. The molecule has 0 amide bonds. The summed E-state index contributed by atoms with van der Waals surface area (Å²) in [5.41, 5.74) is 7.78. The lowest BCUT2D eigenvalue weighted by Gasteiger charge is -2.07. The molecule has 6 nitrogen and oxygen atoms in total. The molecule has 142 valence electrons. The number of nitrogens with zero attached hydrogens (tertiary/aromatic N) is 1. The molecule has 0 unspecified atom stereocenters. The number of methoxy groups -OCH3 is 1. The molecule has 0 aliphatic rings. The van der Waals surface area contributed by atoms with E-state index in [0.717, 1.165) is 17.1 Å². The van der Waals surface area contributed by atoms with Gasteiger partial charge in [-0.15, -0.1) is 0 Å². The maximum atomic E-state index is 12.1. The number of amidine groups is 1. The Morgan fingerprint density at radius 2 is 1.50 bits per heavy atom. The van der Waals surface area contributed by atoms with Crippen molar-refractivity contribution in [3.8, 4) is 11.5 Å². The maximum Gasteiger partial charge on any atom is 0.365 e. The first-order chi connectivity index (χ1) is 13.7. The number of benzene rings is 3. The van der Waals surface area contributed by atoms with E-state index in [0.29, 0.717) is 17.7 Å². The molecule has 3 rings (SSSR count). The summed E-state index contributed by atoms with van der Waals surface area (Å²) in [5.74, 6) is 1.06. The molecule has 0 aliphatic heterocycles. The lowest BCUT2D eigenvalue weighted by molar-refractivity contribution is 0.0516. The molecule has 0 fully saturated rings. The van der Waals surface area contributed by atoms with Gasteiger partial charge in [0.05, 0.1) is 12.7 Å². The second-order valence-corrected chi connectivity index (χ2v) is 5.88. The molecule has 0 saturated carbocycles. The highest BCUT2D eigenvalue weighted by molar-refractivity contribution is 5.98. The molecule has 0 saturated heterocycles. The number of oxime groups is 1. The minimum atomic E-state index is -0.582. The Bertz CT molecular complexity index is 937. The van der Waals surface area contributed by atoms with Crippen LogP contribution < -0.4 is 15.2 Å². The number of hydrogen-bond acceptors (Lipinski definition) is 5. The van der Waals surface area contributed by atoms with Crippen LogP contribution in [-0.4, -0.2) is 18.9 Å². The summed E-state index contributed by atoms with van der Waals surface area (Å²) in [6, 6.07) is 23.3. The highest BCUT2D eigenvalue weighted by Gasteiger charge is 2.08. The number of nitrogens with two attached hydrogens (primary N) is 1. The van der Waals surface area contributed by atoms with Crippen LogP contribution in [0.5, 0.6) is 11.5 Å². The second kappa shape index (κ2) is 9.23. The first kappa shape index (κ1) is 19.0. The molecule has 0 spiro atoms. The number of hydrogen-bond donors (Lipinski definition) is 1. The maximum absolute atomic E-state index is 12.1. The Labute approximate surface area is 163 Å². The molecule has 0 aliphatic carbocycles. The zero-order valence-electron chi connectivity index (χ0n) is 15.4. The third-order valence-corrected chi connectivity index (χ3v) is 3.95. The molecular weight excluding hydrogens is 356 g/mol. The fourth-order valence-corrected chi connectivity index (χ4v) is 2.38. The molecule has 0 aromatic heterocycles. The van der Waals surface area contributed by atoms with Crippen molar-refractivity contribution in [1.29, 1.82) is 0 Å². The summed E-state index contributed by atoms with van der Waals surface area (Å²) >= 11 is 0. The average molecular weight is 376 g/mol. The van der Waals surface area contributed by atoms with Crippen LogP contribution in [0.15, 0.2) is 84.0 Å². The van der Waals surface area contributed by atoms with Gasteiger partial charge in [-0.25, -0.2) is 4.79 Å². The van der Waals surface area contributed by atoms with Crippen molar-refractivity contribution in [1.82, 2.24) is 0 Å². The van der Waals surface area contributed by atoms with E-state index in [9.17, 15) is 4.79 Å². The predicted octanol–water partition coefficient (Wildman–Crippen LogP) is 3.75. The van der Waals surface area contributed by atoms with Gasteiger partial charge in [-0.05, 0) is 42.0 Å². The molecule has 6 heteroatoms. The molecule has 3 aromatic carbocycles. The number of ether oxygens (including phenoxy) is 2. The van der Waals surface area contributed by atoms with Crippen LogP contribution >= 0.6 is 0 Å². The molecule has 0 bridgehead atoms. The van der Waals surface area contributed by atoms with Crippen LogP contribution in [0.1, 0.15) is 21.5 Å². The van der Waals surface area contributed by atoms with Crippen molar-refractivity contribution in [2.24, 2.45) is 10.9 Å². The van der Waals surface area contributed by atoms with E-state index in [2.05, 4.69) is 5.16 Å². The minimum Gasteiger partial charge on any atom is -0.497 e. The zero-order valence-corrected chi connectivity index (χ0v) is 15.4. The predicted molar refractivity (Wildman–Crippen MR) is 106 cm³/mol. The molecule has 0 radical (unpaired) electrons. The molecule has 28 heavy (non-hydrogen) atoms. The van der Waals surface area contributed by atoms with Crippen molar-refractivity contribution < 1.29 is 19.1 Å². The third kappa shape index (κ3) is 5.11. The van der Waals surface area contributed by atoms with Gasteiger partial charge in [0.15, 0.2) is 5.84 Å². The fraction of sp³-hybridized carbons (Fsp3) is 0.0909. The van der Waals surface area contributed by atoms with Crippen molar-refractivity contribution in [3.63, 3.8) is 0 Å². The van der Waals surface area contributed by atoms with Gasteiger partial charge in [-0.1, -0.05) is 47.6 Å². The van der Waals surface area contributed by atoms with E-state index in [1.165, 1.54) is 0 Å². The molecule has 2 N–H and O–H groups in total. The van der Waals surface area contributed by atoms with E-state index in [-0.39, 0.29) is 5.84 Å². The van der Waals surface area contributed by atoms with E-state index in [1.54, 1.807) is 43.5 Å². The van der Waals surface area contributed by atoms with Gasteiger partial charge in [0.2, 0.25) is 0 Å². The first-order valence-corrected chi connectivity index (χ1v) is 8.62. The lowest BCUT2D eigenvalue weighted by atomic mass is 10.1. The van der Waals surface area contributed by atoms with E-state index in [1.807, 2.05) is 42.5 Å². The zero-order chi connectivity index (χ0) is 19.8. The van der Waals surface area contributed by atoms with Gasteiger partial charge in [-0.3, -0.25) is 0 Å². The summed E-state index contributed by atoms with van der Waals surface area (Å²) in [7, 11) is 1.61. The van der Waals surface area contributed by atoms with Crippen molar-refractivity contribution in [2.45, 2.75) is 6.61 Å². The summed E-state index contributed by atoms with van der Waals surface area (Å²) in [4.78, 5) is 17.0. The van der Waals surface area contributed by atoms with Crippen LogP contribution in [0.2, 0.25) is 0 Å². The van der Waals surface area contributed by atoms with Gasteiger partial charge in [0, 0.05) is 5.56 Å². The number of rotatable bonds is 7. The molecule has 0 heterocycles. The topological polar surface area (TPSA) is 83.1 Å². The highest BCUT2D eigenvalue weighted by atomic mass is 16.7. The van der Waals surface area contributed by atoms with E-state index < -0.39 is 5.97 Å². The quantitative estimate of drug-likeness (QED) is 0.294. The summed E-state index contributed by atoms with van der Waals surface area (Å²) in [6.45, 7) is 0.376. The summed E-state index contributed by atoms with van der Waals surface area (Å²) < 4.78 is 10.8. The van der Waals surface area contributed by atoms with Crippen LogP contribution in [-0.2, 0) is 11.4 Å². The molecular formula is C22H20N2O4. The minimum absolute atomic E-state index is 0.137. The van der Waals surface area contributed by atoms with E-state index >= 15 is 0 Å². The monoisotopic (exact) mass is 376 g/mol. The van der Waals surface area contributed by atoms with Crippen LogP contribution in [0, 0.1) is 0 Å².